The van der Waals surface area contributed by atoms with E-state index in [9.17, 15) is 9.59 Å². The Bertz CT molecular complexity index is 839. The first kappa shape index (κ1) is 15.4. The van der Waals surface area contributed by atoms with Crippen LogP contribution < -0.4 is 10.6 Å². The molecule has 1 aliphatic rings. The van der Waals surface area contributed by atoms with E-state index in [2.05, 4.69) is 10.6 Å². The molecule has 1 aromatic heterocycles. The van der Waals surface area contributed by atoms with Crippen LogP contribution in [-0.2, 0) is 9.53 Å². The summed E-state index contributed by atoms with van der Waals surface area (Å²) < 4.78 is 4.73. The van der Waals surface area contributed by atoms with Gasteiger partial charge in [-0.2, -0.15) is 0 Å². The predicted molar refractivity (Wildman–Crippen MR) is 92.9 cm³/mol. The number of esters is 1. The number of benzene rings is 1. The van der Waals surface area contributed by atoms with Crippen LogP contribution in [0.25, 0.3) is 17.2 Å². The zero-order valence-electron chi connectivity index (χ0n) is 12.1. The van der Waals surface area contributed by atoms with Crippen LogP contribution in [0.3, 0.4) is 0 Å². The van der Waals surface area contributed by atoms with E-state index in [0.29, 0.717) is 16.4 Å². The fraction of sp³-hybridized carbons (Fsp3) is 0.0625. The van der Waals surface area contributed by atoms with Crippen molar-refractivity contribution < 1.29 is 14.3 Å². The molecule has 0 aliphatic carbocycles. The summed E-state index contributed by atoms with van der Waals surface area (Å²) in [5.74, 6) is -0.609. The van der Waals surface area contributed by atoms with E-state index in [0.717, 1.165) is 16.0 Å². The van der Waals surface area contributed by atoms with Crippen LogP contribution >= 0.6 is 23.6 Å². The van der Waals surface area contributed by atoms with Crippen molar-refractivity contribution in [3.8, 4) is 11.1 Å². The minimum Gasteiger partial charge on any atom is -0.465 e. The molecule has 7 heteroatoms. The molecule has 0 atom stereocenters. The number of hydrogen-bond acceptors (Lipinski definition) is 5. The standard InChI is InChI=1S/C16H12N2O3S2/c1-21-15(20)10-4-2-3-9(5-10)11-6-12(23-8-11)7-13-14(19)18-16(22)17-13/h2-8H,1H3,(H2,17,18,19,22)/b13-7-. The van der Waals surface area contributed by atoms with Gasteiger partial charge in [0, 0.05) is 4.88 Å². The number of nitrogens with one attached hydrogen (secondary N) is 2. The lowest BCUT2D eigenvalue weighted by Gasteiger charge is -2.02. The van der Waals surface area contributed by atoms with Gasteiger partial charge in [-0.15, -0.1) is 11.3 Å². The number of carbonyl (C=O) groups excluding carboxylic acids is 2. The number of methoxy groups -OCH3 is 1. The second-order valence-electron chi connectivity index (χ2n) is 4.78. The second kappa shape index (κ2) is 6.31. The lowest BCUT2D eigenvalue weighted by Crippen LogP contribution is -2.21. The molecule has 23 heavy (non-hydrogen) atoms. The maximum Gasteiger partial charge on any atom is 0.337 e. The molecule has 0 radical (unpaired) electrons. The summed E-state index contributed by atoms with van der Waals surface area (Å²) in [5, 5.41) is 7.60. The van der Waals surface area contributed by atoms with Crippen molar-refractivity contribution in [3.05, 3.63) is 51.8 Å². The molecule has 2 N–H and O–H groups in total. The molecule has 116 valence electrons. The van der Waals surface area contributed by atoms with Crippen molar-refractivity contribution >= 4 is 46.6 Å². The van der Waals surface area contributed by atoms with Gasteiger partial charge in [-0.1, -0.05) is 12.1 Å². The topological polar surface area (TPSA) is 67.4 Å². The highest BCUT2D eigenvalue weighted by molar-refractivity contribution is 7.80. The largest absolute Gasteiger partial charge is 0.465 e. The highest BCUT2D eigenvalue weighted by atomic mass is 32.1. The number of carbonyl (C=O) groups is 2. The fourth-order valence-electron chi connectivity index (χ4n) is 2.15. The van der Waals surface area contributed by atoms with Crippen LogP contribution in [0.5, 0.6) is 0 Å². The molecule has 1 amide bonds. The molecule has 0 spiro atoms. The summed E-state index contributed by atoms with van der Waals surface area (Å²) in [6.45, 7) is 0. The number of thiophene rings is 1. The van der Waals surface area contributed by atoms with Crippen molar-refractivity contribution in [2.45, 2.75) is 0 Å². The maximum atomic E-state index is 11.6. The van der Waals surface area contributed by atoms with Gasteiger partial charge in [0.25, 0.3) is 5.91 Å². The Labute approximate surface area is 142 Å². The zero-order valence-corrected chi connectivity index (χ0v) is 13.7. The van der Waals surface area contributed by atoms with Crippen LogP contribution in [0.2, 0.25) is 0 Å². The van der Waals surface area contributed by atoms with Gasteiger partial charge >= 0.3 is 5.97 Å². The molecule has 0 saturated carbocycles. The molecule has 0 bridgehead atoms. The summed E-state index contributed by atoms with van der Waals surface area (Å²) in [7, 11) is 1.36. The van der Waals surface area contributed by atoms with Gasteiger partial charge in [0.1, 0.15) is 5.70 Å². The zero-order chi connectivity index (χ0) is 16.4. The van der Waals surface area contributed by atoms with Gasteiger partial charge in [-0.05, 0) is 53.0 Å². The predicted octanol–water partition coefficient (Wildman–Crippen LogP) is 2.55. The molecule has 2 heterocycles. The lowest BCUT2D eigenvalue weighted by atomic mass is 10.1. The summed E-state index contributed by atoms with van der Waals surface area (Å²) in [6.07, 6.45) is 1.74. The molecule has 1 saturated heterocycles. The Morgan fingerprint density at radius 3 is 2.78 bits per heavy atom. The van der Waals surface area contributed by atoms with E-state index < -0.39 is 0 Å². The minimum absolute atomic E-state index is 0.238. The Balaban J connectivity index is 1.88. The van der Waals surface area contributed by atoms with Crippen LogP contribution in [0.1, 0.15) is 15.2 Å². The number of ether oxygens (including phenoxy) is 1. The molecule has 0 unspecified atom stereocenters. The Morgan fingerprint density at radius 1 is 1.26 bits per heavy atom. The average molecular weight is 344 g/mol. The van der Waals surface area contributed by atoms with Gasteiger partial charge in [-0.25, -0.2) is 4.79 Å². The van der Waals surface area contributed by atoms with Crippen molar-refractivity contribution in [2.75, 3.05) is 7.11 Å². The smallest absolute Gasteiger partial charge is 0.337 e. The van der Waals surface area contributed by atoms with Crippen LogP contribution in [0.4, 0.5) is 0 Å². The van der Waals surface area contributed by atoms with Gasteiger partial charge in [0.05, 0.1) is 12.7 Å². The Kier molecular flexibility index (Phi) is 4.22. The number of amides is 1. The second-order valence-corrected chi connectivity index (χ2v) is 6.13. The van der Waals surface area contributed by atoms with Crippen LogP contribution in [0, 0.1) is 0 Å². The molecular weight excluding hydrogens is 332 g/mol. The van der Waals surface area contributed by atoms with E-state index in [1.54, 1.807) is 18.2 Å². The summed E-state index contributed by atoms with van der Waals surface area (Å²) in [6, 6.07) is 9.16. The van der Waals surface area contributed by atoms with E-state index in [1.165, 1.54) is 18.4 Å². The molecular formula is C16H12N2O3S2. The number of thiocarbonyl (C=S) groups is 1. The first-order valence-electron chi connectivity index (χ1n) is 6.68. The Morgan fingerprint density at radius 2 is 2.09 bits per heavy atom. The van der Waals surface area contributed by atoms with Gasteiger partial charge < -0.3 is 10.1 Å². The summed E-state index contributed by atoms with van der Waals surface area (Å²) in [4.78, 5) is 24.2. The fourth-order valence-corrected chi connectivity index (χ4v) is 3.20. The highest BCUT2D eigenvalue weighted by Gasteiger charge is 2.20. The van der Waals surface area contributed by atoms with E-state index in [1.807, 2.05) is 23.6 Å². The Hall–Kier alpha value is -2.51. The van der Waals surface area contributed by atoms with E-state index in [-0.39, 0.29) is 11.9 Å². The first-order chi connectivity index (χ1) is 11.1. The van der Waals surface area contributed by atoms with Crippen molar-refractivity contribution in [1.82, 2.24) is 10.6 Å². The number of hydrogen-bond donors (Lipinski definition) is 2. The third-order valence-corrected chi connectivity index (χ3v) is 4.33. The van der Waals surface area contributed by atoms with Crippen molar-refractivity contribution in [1.29, 1.82) is 0 Å². The van der Waals surface area contributed by atoms with Crippen molar-refractivity contribution in [3.63, 3.8) is 0 Å². The average Bonchev–Trinajstić information content (AvgIpc) is 3.14. The molecule has 3 rings (SSSR count). The molecule has 1 aromatic carbocycles. The molecule has 5 nitrogen and oxygen atoms in total. The summed E-state index contributed by atoms with van der Waals surface area (Å²) >= 11 is 6.40. The van der Waals surface area contributed by atoms with Gasteiger partial charge in [-0.3, -0.25) is 10.1 Å². The third kappa shape index (κ3) is 3.30. The third-order valence-electron chi connectivity index (χ3n) is 3.24. The lowest BCUT2D eigenvalue weighted by molar-refractivity contribution is -0.115. The van der Waals surface area contributed by atoms with Crippen LogP contribution in [-0.4, -0.2) is 24.1 Å². The SMILES string of the molecule is COC(=O)c1cccc(-c2csc(/C=C3\NC(=S)NC3=O)c2)c1. The van der Waals surface area contributed by atoms with Gasteiger partial charge in [0.15, 0.2) is 5.11 Å². The van der Waals surface area contributed by atoms with Crippen LogP contribution in [0.15, 0.2) is 41.4 Å². The van der Waals surface area contributed by atoms with E-state index in [4.69, 9.17) is 17.0 Å². The van der Waals surface area contributed by atoms with E-state index >= 15 is 0 Å². The highest BCUT2D eigenvalue weighted by Crippen LogP contribution is 2.28. The van der Waals surface area contributed by atoms with Gasteiger partial charge in [0.2, 0.25) is 0 Å². The van der Waals surface area contributed by atoms with Crippen molar-refractivity contribution in [2.24, 2.45) is 0 Å². The molecule has 1 fully saturated rings. The molecule has 1 aliphatic heterocycles. The normalized spacial score (nSPS) is 15.4. The number of rotatable bonds is 3. The first-order valence-corrected chi connectivity index (χ1v) is 7.97. The summed E-state index contributed by atoms with van der Waals surface area (Å²) in [5.41, 5.74) is 2.80. The maximum absolute atomic E-state index is 11.6. The monoisotopic (exact) mass is 344 g/mol. The quantitative estimate of drug-likeness (QED) is 0.509. The molecule has 2 aromatic rings. The minimum atomic E-state index is -0.371.